The maximum Gasteiger partial charge on any atom is 0.252 e. The van der Waals surface area contributed by atoms with Crippen LogP contribution in [0.25, 0.3) is 5.95 Å². The molecule has 1 aliphatic heterocycles. The predicted octanol–water partition coefficient (Wildman–Crippen LogP) is 2.75. The van der Waals surface area contributed by atoms with E-state index in [4.69, 9.17) is 4.74 Å². The normalized spacial score (nSPS) is 16.5. The number of benzene rings is 1. The minimum atomic E-state index is -0.0706. The van der Waals surface area contributed by atoms with Gasteiger partial charge in [-0.15, -0.1) is 11.8 Å². The molecule has 1 amide bonds. The minimum absolute atomic E-state index is 0.0449. The molecule has 0 bridgehead atoms. The van der Waals surface area contributed by atoms with Crippen molar-refractivity contribution in [2.45, 2.75) is 12.2 Å². The number of fused-ring (bicyclic) bond motifs is 1. The number of hydrogen-bond donors (Lipinski definition) is 1. The molecule has 26 heavy (non-hydrogen) atoms. The molecule has 2 aromatic heterocycles. The van der Waals surface area contributed by atoms with Crippen molar-refractivity contribution in [3.05, 3.63) is 59.5 Å². The number of anilines is 1. The second kappa shape index (κ2) is 6.80. The molecular formula is C18H17N5O2S. The number of amides is 1. The highest BCUT2D eigenvalue weighted by molar-refractivity contribution is 8.00. The largest absolute Gasteiger partial charge is 0.497 e. The Morgan fingerprint density at radius 2 is 2.08 bits per heavy atom. The molecule has 0 saturated carbocycles. The first-order chi connectivity index (χ1) is 12.7. The highest BCUT2D eigenvalue weighted by Crippen LogP contribution is 2.44. The van der Waals surface area contributed by atoms with Crippen LogP contribution in [0.4, 0.5) is 5.82 Å². The van der Waals surface area contributed by atoms with Crippen LogP contribution in [0.3, 0.4) is 0 Å². The van der Waals surface area contributed by atoms with Gasteiger partial charge in [0.15, 0.2) is 0 Å². The molecule has 0 fully saturated rings. The highest BCUT2D eigenvalue weighted by atomic mass is 32.2. The number of nitrogens with one attached hydrogen (secondary N) is 1. The minimum Gasteiger partial charge on any atom is -0.497 e. The summed E-state index contributed by atoms with van der Waals surface area (Å²) in [6.07, 6.45) is 3.30. The zero-order chi connectivity index (χ0) is 18.1. The third kappa shape index (κ3) is 2.92. The Bertz CT molecular complexity index is 957. The molecule has 0 radical (unpaired) electrons. The van der Waals surface area contributed by atoms with E-state index < -0.39 is 0 Å². The van der Waals surface area contributed by atoms with E-state index in [1.165, 1.54) is 0 Å². The Balaban J connectivity index is 1.88. The predicted molar refractivity (Wildman–Crippen MR) is 99.8 cm³/mol. The lowest BCUT2D eigenvalue weighted by Gasteiger charge is -2.16. The first-order valence-corrected chi connectivity index (χ1v) is 9.14. The molecular weight excluding hydrogens is 350 g/mol. The molecule has 7 nitrogen and oxygen atoms in total. The van der Waals surface area contributed by atoms with Crippen LogP contribution in [-0.4, -0.2) is 38.5 Å². The number of hydrogen-bond acceptors (Lipinski definition) is 6. The van der Waals surface area contributed by atoms with Gasteiger partial charge >= 0.3 is 0 Å². The van der Waals surface area contributed by atoms with Crippen LogP contribution in [-0.2, 0) is 4.79 Å². The Morgan fingerprint density at radius 1 is 1.27 bits per heavy atom. The molecule has 3 heterocycles. The van der Waals surface area contributed by atoms with Gasteiger partial charge in [-0.1, -0.05) is 12.1 Å². The van der Waals surface area contributed by atoms with Gasteiger partial charge in [0.05, 0.1) is 23.8 Å². The number of aromatic nitrogens is 4. The maximum absolute atomic E-state index is 12.3. The zero-order valence-corrected chi connectivity index (χ0v) is 15.2. The molecule has 4 rings (SSSR count). The van der Waals surface area contributed by atoms with Crippen LogP contribution in [0.1, 0.15) is 22.1 Å². The molecule has 0 aliphatic carbocycles. The number of ether oxygens (including phenoxy) is 1. The maximum atomic E-state index is 12.3. The summed E-state index contributed by atoms with van der Waals surface area (Å²) < 4.78 is 6.96. The number of methoxy groups -OCH3 is 1. The van der Waals surface area contributed by atoms with Crippen molar-refractivity contribution >= 4 is 23.5 Å². The van der Waals surface area contributed by atoms with E-state index in [1.54, 1.807) is 42.0 Å². The van der Waals surface area contributed by atoms with Crippen molar-refractivity contribution in [2.24, 2.45) is 0 Å². The van der Waals surface area contributed by atoms with Gasteiger partial charge in [0.2, 0.25) is 5.91 Å². The van der Waals surface area contributed by atoms with E-state index >= 15 is 0 Å². The van der Waals surface area contributed by atoms with Crippen LogP contribution in [0.5, 0.6) is 5.75 Å². The highest BCUT2D eigenvalue weighted by Gasteiger charge is 2.31. The average Bonchev–Trinajstić information content (AvgIpc) is 2.88. The molecule has 132 valence electrons. The van der Waals surface area contributed by atoms with Crippen molar-refractivity contribution in [1.82, 2.24) is 19.7 Å². The monoisotopic (exact) mass is 367 g/mol. The Morgan fingerprint density at radius 3 is 2.85 bits per heavy atom. The van der Waals surface area contributed by atoms with Crippen LogP contribution in [0.2, 0.25) is 0 Å². The Hall–Kier alpha value is -2.87. The van der Waals surface area contributed by atoms with Gasteiger partial charge in [-0.05, 0) is 30.7 Å². The molecule has 0 unspecified atom stereocenters. The summed E-state index contributed by atoms with van der Waals surface area (Å²) in [5, 5.41) is 7.51. The van der Waals surface area contributed by atoms with Crippen LogP contribution >= 0.6 is 11.8 Å². The van der Waals surface area contributed by atoms with E-state index in [2.05, 4.69) is 20.4 Å². The SMILES string of the molecule is COc1cccc([C@@H]2SCC(=O)Nc3c2c(C)nn3-c2ncccn2)c1. The van der Waals surface area contributed by atoms with Crippen molar-refractivity contribution in [3.8, 4) is 11.7 Å². The lowest BCUT2D eigenvalue weighted by molar-refractivity contribution is -0.113. The molecule has 0 spiro atoms. The molecule has 8 heteroatoms. The van der Waals surface area contributed by atoms with Gasteiger partial charge in [0, 0.05) is 18.0 Å². The smallest absolute Gasteiger partial charge is 0.252 e. The summed E-state index contributed by atoms with van der Waals surface area (Å²) in [6.45, 7) is 1.93. The van der Waals surface area contributed by atoms with Gasteiger partial charge in [-0.25, -0.2) is 9.97 Å². The summed E-state index contributed by atoms with van der Waals surface area (Å²) >= 11 is 1.57. The number of nitrogens with zero attached hydrogens (tertiary/aromatic N) is 4. The second-order valence-corrected chi connectivity index (χ2v) is 6.92. The van der Waals surface area contributed by atoms with Crippen LogP contribution in [0, 0.1) is 6.92 Å². The van der Waals surface area contributed by atoms with Gasteiger partial charge in [0.1, 0.15) is 11.6 Å². The lowest BCUT2D eigenvalue weighted by Crippen LogP contribution is -2.16. The zero-order valence-electron chi connectivity index (χ0n) is 14.3. The fourth-order valence-corrected chi connectivity index (χ4v) is 4.17. The topological polar surface area (TPSA) is 81.9 Å². The number of carbonyl (C=O) groups is 1. The van der Waals surface area contributed by atoms with Crippen molar-refractivity contribution in [2.75, 3.05) is 18.2 Å². The molecule has 1 aliphatic rings. The number of carbonyl (C=O) groups excluding carboxylic acids is 1. The average molecular weight is 367 g/mol. The fourth-order valence-electron chi connectivity index (χ4n) is 3.00. The Kier molecular flexibility index (Phi) is 4.34. The number of thioether (sulfide) groups is 1. The number of rotatable bonds is 3. The van der Waals surface area contributed by atoms with Gasteiger partial charge < -0.3 is 10.1 Å². The second-order valence-electron chi connectivity index (χ2n) is 5.82. The molecule has 1 N–H and O–H groups in total. The molecule has 1 atom stereocenters. The van der Waals surface area contributed by atoms with Gasteiger partial charge in [-0.2, -0.15) is 9.78 Å². The summed E-state index contributed by atoms with van der Waals surface area (Å²) in [4.78, 5) is 20.8. The van der Waals surface area contributed by atoms with E-state index in [9.17, 15) is 4.79 Å². The van der Waals surface area contributed by atoms with E-state index in [0.29, 0.717) is 17.5 Å². The first-order valence-electron chi connectivity index (χ1n) is 8.09. The standard InChI is InChI=1S/C18H17N5O2S/c1-11-15-16(12-5-3-6-13(9-12)25-2)26-10-14(24)21-17(15)23(22-11)18-19-7-4-8-20-18/h3-9,16H,10H2,1-2H3,(H,21,24)/t16-/m0/s1. The summed E-state index contributed by atoms with van der Waals surface area (Å²) in [5.41, 5.74) is 2.85. The summed E-state index contributed by atoms with van der Waals surface area (Å²) in [7, 11) is 1.64. The number of aryl methyl sites for hydroxylation is 1. The van der Waals surface area contributed by atoms with Crippen molar-refractivity contribution in [1.29, 1.82) is 0 Å². The van der Waals surface area contributed by atoms with Crippen molar-refractivity contribution in [3.63, 3.8) is 0 Å². The first kappa shape index (κ1) is 16.6. The lowest BCUT2D eigenvalue weighted by atomic mass is 10.0. The fraction of sp³-hybridized carbons (Fsp3) is 0.222. The molecule has 1 aromatic carbocycles. The molecule has 3 aromatic rings. The van der Waals surface area contributed by atoms with E-state index in [1.807, 2.05) is 31.2 Å². The van der Waals surface area contributed by atoms with Crippen LogP contribution in [0.15, 0.2) is 42.7 Å². The van der Waals surface area contributed by atoms with Crippen LogP contribution < -0.4 is 10.1 Å². The third-order valence-corrected chi connectivity index (χ3v) is 5.42. The van der Waals surface area contributed by atoms with Gasteiger partial charge in [-0.3, -0.25) is 4.79 Å². The third-order valence-electron chi connectivity index (χ3n) is 4.15. The van der Waals surface area contributed by atoms with Gasteiger partial charge in [0.25, 0.3) is 5.95 Å². The summed E-state index contributed by atoms with van der Waals surface area (Å²) in [6, 6.07) is 9.63. The quantitative estimate of drug-likeness (QED) is 0.767. The summed E-state index contributed by atoms with van der Waals surface area (Å²) in [5.74, 6) is 2.11. The van der Waals surface area contributed by atoms with Crippen molar-refractivity contribution < 1.29 is 9.53 Å². The van der Waals surface area contributed by atoms with E-state index in [-0.39, 0.29) is 11.2 Å². The molecule has 0 saturated heterocycles. The van der Waals surface area contributed by atoms with E-state index in [0.717, 1.165) is 22.6 Å². The Labute approximate surface area is 154 Å².